The summed E-state index contributed by atoms with van der Waals surface area (Å²) < 4.78 is 19.6. The van der Waals surface area contributed by atoms with Crippen LogP contribution in [0.5, 0.6) is 0 Å². The second-order valence-corrected chi connectivity index (χ2v) is 5.78. The van der Waals surface area contributed by atoms with E-state index in [0.717, 1.165) is 32.4 Å². The maximum Gasteiger partial charge on any atom is 0.129 e. The van der Waals surface area contributed by atoms with E-state index < -0.39 is 0 Å². The first-order chi connectivity index (χ1) is 9.70. The van der Waals surface area contributed by atoms with Crippen LogP contribution >= 0.6 is 11.6 Å². The van der Waals surface area contributed by atoms with Crippen molar-refractivity contribution in [3.63, 3.8) is 0 Å². The van der Waals surface area contributed by atoms with Gasteiger partial charge in [-0.3, -0.25) is 0 Å². The van der Waals surface area contributed by atoms with Gasteiger partial charge in [0.2, 0.25) is 0 Å². The fourth-order valence-electron chi connectivity index (χ4n) is 2.82. The van der Waals surface area contributed by atoms with Crippen molar-refractivity contribution in [2.45, 2.75) is 51.2 Å². The van der Waals surface area contributed by atoms with E-state index in [9.17, 15) is 4.39 Å². The predicted octanol–water partition coefficient (Wildman–Crippen LogP) is 4.48. The minimum Gasteiger partial charge on any atom is -0.378 e. The Labute approximate surface area is 125 Å². The van der Waals surface area contributed by atoms with Gasteiger partial charge in [-0.05, 0) is 50.8 Å². The van der Waals surface area contributed by atoms with E-state index in [1.807, 2.05) is 6.92 Å². The lowest BCUT2D eigenvalue weighted by molar-refractivity contribution is 0.101. The summed E-state index contributed by atoms with van der Waals surface area (Å²) in [7, 11) is 0. The van der Waals surface area contributed by atoms with Gasteiger partial charge in [0, 0.05) is 23.2 Å². The van der Waals surface area contributed by atoms with Crippen LogP contribution in [-0.4, -0.2) is 19.3 Å². The van der Waals surface area contributed by atoms with Crippen molar-refractivity contribution in [1.29, 1.82) is 0 Å². The van der Waals surface area contributed by atoms with Crippen LogP contribution in [0.15, 0.2) is 18.2 Å². The Balaban J connectivity index is 1.91. The third kappa shape index (κ3) is 4.44. The topological polar surface area (TPSA) is 21.3 Å². The first-order valence-electron chi connectivity index (χ1n) is 7.50. The number of benzene rings is 1. The molecule has 0 radical (unpaired) electrons. The molecule has 4 heteroatoms. The van der Waals surface area contributed by atoms with Crippen LogP contribution < -0.4 is 5.32 Å². The molecule has 0 bridgehead atoms. The van der Waals surface area contributed by atoms with Crippen LogP contribution in [0.3, 0.4) is 0 Å². The third-order valence-electron chi connectivity index (χ3n) is 3.83. The second kappa shape index (κ2) is 7.96. The molecule has 1 fully saturated rings. The summed E-state index contributed by atoms with van der Waals surface area (Å²) in [5, 5.41) is 3.81. The first kappa shape index (κ1) is 15.7. The molecule has 1 N–H and O–H groups in total. The molecule has 2 unspecified atom stereocenters. The highest BCUT2D eigenvalue weighted by molar-refractivity contribution is 6.30. The van der Waals surface area contributed by atoms with Gasteiger partial charge in [0.25, 0.3) is 0 Å². The van der Waals surface area contributed by atoms with Crippen molar-refractivity contribution in [2.75, 3.05) is 13.2 Å². The smallest absolute Gasteiger partial charge is 0.129 e. The molecule has 0 saturated carbocycles. The Morgan fingerprint density at radius 1 is 1.50 bits per heavy atom. The molecule has 1 aliphatic heterocycles. The van der Waals surface area contributed by atoms with E-state index in [1.54, 1.807) is 12.1 Å². The highest BCUT2D eigenvalue weighted by Gasteiger charge is 2.18. The summed E-state index contributed by atoms with van der Waals surface area (Å²) in [6, 6.07) is 4.99. The maximum absolute atomic E-state index is 14.0. The van der Waals surface area contributed by atoms with Crippen molar-refractivity contribution in [3.8, 4) is 0 Å². The summed E-state index contributed by atoms with van der Waals surface area (Å²) in [5.74, 6) is -0.222. The van der Waals surface area contributed by atoms with Gasteiger partial charge in [-0.15, -0.1) is 0 Å². The molecule has 1 heterocycles. The zero-order chi connectivity index (χ0) is 14.4. The SMILES string of the molecule is CCNC(CCCC1CCCO1)c1ccc(Cl)cc1F. The molecule has 0 aliphatic carbocycles. The highest BCUT2D eigenvalue weighted by Crippen LogP contribution is 2.26. The predicted molar refractivity (Wildman–Crippen MR) is 80.7 cm³/mol. The monoisotopic (exact) mass is 299 g/mol. The molecule has 2 rings (SSSR count). The normalized spacial score (nSPS) is 20.2. The zero-order valence-corrected chi connectivity index (χ0v) is 12.8. The fourth-order valence-corrected chi connectivity index (χ4v) is 2.98. The van der Waals surface area contributed by atoms with Gasteiger partial charge in [0.05, 0.1) is 6.10 Å². The van der Waals surface area contributed by atoms with Crippen LogP contribution in [0.4, 0.5) is 4.39 Å². The van der Waals surface area contributed by atoms with E-state index in [0.29, 0.717) is 16.7 Å². The van der Waals surface area contributed by atoms with E-state index >= 15 is 0 Å². The van der Waals surface area contributed by atoms with Gasteiger partial charge in [-0.25, -0.2) is 4.39 Å². The first-order valence-corrected chi connectivity index (χ1v) is 7.88. The Bertz CT molecular complexity index is 421. The zero-order valence-electron chi connectivity index (χ0n) is 12.0. The quantitative estimate of drug-likeness (QED) is 0.801. The van der Waals surface area contributed by atoms with Crippen LogP contribution in [-0.2, 0) is 4.74 Å². The number of halogens is 2. The van der Waals surface area contributed by atoms with Gasteiger partial charge >= 0.3 is 0 Å². The highest BCUT2D eigenvalue weighted by atomic mass is 35.5. The average Bonchev–Trinajstić information content (AvgIpc) is 2.91. The summed E-state index contributed by atoms with van der Waals surface area (Å²) >= 11 is 5.81. The molecular formula is C16H23ClFNO. The standard InChI is InChI=1S/C16H23ClFNO/c1-2-19-16(7-3-5-13-6-4-10-20-13)14-9-8-12(17)11-15(14)18/h8-9,11,13,16,19H,2-7,10H2,1H3. The Morgan fingerprint density at radius 3 is 3.00 bits per heavy atom. The number of hydrogen-bond donors (Lipinski definition) is 1. The Hall–Kier alpha value is -0.640. The summed E-state index contributed by atoms with van der Waals surface area (Å²) in [4.78, 5) is 0. The van der Waals surface area contributed by atoms with Crippen LogP contribution in [0, 0.1) is 5.82 Å². The third-order valence-corrected chi connectivity index (χ3v) is 4.07. The molecule has 1 aromatic rings. The number of hydrogen-bond acceptors (Lipinski definition) is 2. The molecular weight excluding hydrogens is 277 g/mol. The van der Waals surface area contributed by atoms with E-state index in [2.05, 4.69) is 5.32 Å². The minimum absolute atomic E-state index is 0.0543. The number of nitrogens with one attached hydrogen (secondary N) is 1. The van der Waals surface area contributed by atoms with Crippen LogP contribution in [0.25, 0.3) is 0 Å². The molecule has 1 saturated heterocycles. The summed E-state index contributed by atoms with van der Waals surface area (Å²) in [5.41, 5.74) is 0.712. The molecule has 20 heavy (non-hydrogen) atoms. The molecule has 1 aromatic carbocycles. The molecule has 2 atom stereocenters. The van der Waals surface area contributed by atoms with Gasteiger partial charge < -0.3 is 10.1 Å². The van der Waals surface area contributed by atoms with Crippen molar-refractivity contribution < 1.29 is 9.13 Å². The van der Waals surface area contributed by atoms with Gasteiger partial charge in [0.1, 0.15) is 5.82 Å². The van der Waals surface area contributed by atoms with Crippen LogP contribution in [0.2, 0.25) is 5.02 Å². The average molecular weight is 300 g/mol. The lowest BCUT2D eigenvalue weighted by Crippen LogP contribution is -2.22. The van der Waals surface area contributed by atoms with Gasteiger partial charge in [0.15, 0.2) is 0 Å². The Kier molecular flexibility index (Phi) is 6.27. The van der Waals surface area contributed by atoms with Crippen LogP contribution in [0.1, 0.15) is 50.6 Å². The molecule has 112 valence electrons. The minimum atomic E-state index is -0.222. The Morgan fingerprint density at radius 2 is 2.35 bits per heavy atom. The second-order valence-electron chi connectivity index (χ2n) is 5.34. The molecule has 0 spiro atoms. The van der Waals surface area contributed by atoms with Crippen molar-refractivity contribution in [2.24, 2.45) is 0 Å². The number of rotatable bonds is 7. The van der Waals surface area contributed by atoms with Crippen molar-refractivity contribution >= 4 is 11.6 Å². The van der Waals surface area contributed by atoms with Gasteiger partial charge in [-0.2, -0.15) is 0 Å². The maximum atomic E-state index is 14.0. The molecule has 0 amide bonds. The van der Waals surface area contributed by atoms with E-state index in [-0.39, 0.29) is 11.9 Å². The lowest BCUT2D eigenvalue weighted by Gasteiger charge is -2.20. The van der Waals surface area contributed by atoms with Gasteiger partial charge in [-0.1, -0.05) is 24.6 Å². The van der Waals surface area contributed by atoms with E-state index in [1.165, 1.54) is 18.9 Å². The largest absolute Gasteiger partial charge is 0.378 e. The molecule has 1 aliphatic rings. The number of ether oxygens (including phenoxy) is 1. The van der Waals surface area contributed by atoms with Crippen molar-refractivity contribution in [1.82, 2.24) is 5.32 Å². The summed E-state index contributed by atoms with van der Waals surface area (Å²) in [6.45, 7) is 3.76. The fraction of sp³-hybridized carbons (Fsp3) is 0.625. The van der Waals surface area contributed by atoms with E-state index in [4.69, 9.17) is 16.3 Å². The molecule has 0 aromatic heterocycles. The summed E-state index contributed by atoms with van der Waals surface area (Å²) in [6.07, 6.45) is 5.79. The lowest BCUT2D eigenvalue weighted by atomic mass is 9.98. The van der Waals surface area contributed by atoms with Crippen molar-refractivity contribution in [3.05, 3.63) is 34.6 Å². The molecule has 2 nitrogen and oxygen atoms in total.